The van der Waals surface area contributed by atoms with E-state index in [-0.39, 0.29) is 24.2 Å². The van der Waals surface area contributed by atoms with E-state index in [1.54, 1.807) is 0 Å². The molecule has 1 unspecified atom stereocenters. The molecule has 0 saturated heterocycles. The Morgan fingerprint density at radius 1 is 1.10 bits per heavy atom. The Labute approximate surface area is 129 Å². The lowest BCUT2D eigenvalue weighted by Crippen LogP contribution is -3.00. The molecule has 3 aromatic rings. The summed E-state index contributed by atoms with van der Waals surface area (Å²) >= 11 is 0. The molecule has 1 heterocycles. The molecule has 108 valence electrons. The van der Waals surface area contributed by atoms with Crippen LogP contribution in [0.25, 0.3) is 21.7 Å². The van der Waals surface area contributed by atoms with Gasteiger partial charge in [0.25, 0.3) is 0 Å². The number of aromatic nitrogens is 1. The minimum absolute atomic E-state index is 0. The number of carbonyl (C=O) groups excluding carboxylic acids is 1. The smallest absolute Gasteiger partial charge is 0.226 e. The first kappa shape index (κ1) is 15.3. The SMILES string of the molecule is CC(C[n+]1cc2ccccc2c2ccccc21)C(N)=O.[Cl-]. The van der Waals surface area contributed by atoms with Crippen molar-refractivity contribution in [2.24, 2.45) is 11.7 Å². The maximum absolute atomic E-state index is 11.3. The van der Waals surface area contributed by atoms with Gasteiger partial charge in [-0.25, -0.2) is 0 Å². The summed E-state index contributed by atoms with van der Waals surface area (Å²) in [5.74, 6) is -0.459. The van der Waals surface area contributed by atoms with E-state index in [1.165, 1.54) is 16.2 Å². The number of hydrogen-bond donors (Lipinski definition) is 1. The average molecular weight is 301 g/mol. The predicted molar refractivity (Wildman–Crippen MR) is 80.0 cm³/mol. The quantitative estimate of drug-likeness (QED) is 0.510. The predicted octanol–water partition coefficient (Wildman–Crippen LogP) is -0.594. The number of hydrogen-bond acceptors (Lipinski definition) is 1. The van der Waals surface area contributed by atoms with E-state index in [4.69, 9.17) is 5.73 Å². The first-order valence-electron chi connectivity index (χ1n) is 6.76. The second-order valence-electron chi connectivity index (χ2n) is 5.19. The topological polar surface area (TPSA) is 47.0 Å². The van der Waals surface area contributed by atoms with Gasteiger partial charge in [0.05, 0.1) is 11.3 Å². The number of primary amides is 1. The van der Waals surface area contributed by atoms with Crippen LogP contribution in [-0.2, 0) is 11.3 Å². The lowest BCUT2D eigenvalue weighted by molar-refractivity contribution is -0.674. The molecule has 0 spiro atoms. The van der Waals surface area contributed by atoms with Gasteiger partial charge in [-0.05, 0) is 19.1 Å². The van der Waals surface area contributed by atoms with Crippen molar-refractivity contribution in [3.8, 4) is 0 Å². The minimum Gasteiger partial charge on any atom is -1.00 e. The number of para-hydroxylation sites is 1. The lowest BCUT2D eigenvalue weighted by Gasteiger charge is -2.08. The third-order valence-electron chi connectivity index (χ3n) is 3.72. The van der Waals surface area contributed by atoms with E-state index >= 15 is 0 Å². The molecule has 3 rings (SSSR count). The molecule has 21 heavy (non-hydrogen) atoms. The minimum atomic E-state index is -0.269. The maximum atomic E-state index is 11.3. The average Bonchev–Trinajstić information content (AvgIpc) is 2.47. The van der Waals surface area contributed by atoms with E-state index < -0.39 is 0 Å². The van der Waals surface area contributed by atoms with E-state index in [2.05, 4.69) is 35.0 Å². The number of pyridine rings is 1. The maximum Gasteiger partial charge on any atom is 0.226 e. The molecule has 0 aliphatic rings. The Morgan fingerprint density at radius 3 is 2.43 bits per heavy atom. The first-order valence-corrected chi connectivity index (χ1v) is 6.76. The van der Waals surface area contributed by atoms with E-state index in [0.29, 0.717) is 6.54 Å². The highest BCUT2D eigenvalue weighted by molar-refractivity contribution is 6.03. The number of fused-ring (bicyclic) bond motifs is 3. The number of benzene rings is 2. The van der Waals surface area contributed by atoms with Crippen LogP contribution in [0.3, 0.4) is 0 Å². The van der Waals surface area contributed by atoms with Crippen LogP contribution < -0.4 is 22.7 Å². The molecule has 2 aromatic carbocycles. The van der Waals surface area contributed by atoms with Gasteiger partial charge in [-0.2, -0.15) is 4.57 Å². The third kappa shape index (κ3) is 2.83. The second-order valence-corrected chi connectivity index (χ2v) is 5.19. The molecule has 2 N–H and O–H groups in total. The molecule has 0 radical (unpaired) electrons. The van der Waals surface area contributed by atoms with Gasteiger partial charge in [-0.3, -0.25) is 4.79 Å². The van der Waals surface area contributed by atoms with Crippen LogP contribution in [0.4, 0.5) is 0 Å². The van der Waals surface area contributed by atoms with Crippen molar-refractivity contribution in [1.29, 1.82) is 0 Å². The number of amides is 1. The largest absolute Gasteiger partial charge is 1.00 e. The summed E-state index contributed by atoms with van der Waals surface area (Å²) in [6, 6.07) is 16.5. The van der Waals surface area contributed by atoms with Crippen LogP contribution in [0.1, 0.15) is 6.92 Å². The van der Waals surface area contributed by atoms with Crippen molar-refractivity contribution >= 4 is 27.6 Å². The summed E-state index contributed by atoms with van der Waals surface area (Å²) in [6.45, 7) is 2.46. The Hall–Kier alpha value is -2.13. The summed E-state index contributed by atoms with van der Waals surface area (Å²) in [7, 11) is 0. The number of nitrogens with zero attached hydrogens (tertiary/aromatic N) is 1. The number of rotatable bonds is 3. The van der Waals surface area contributed by atoms with Crippen LogP contribution in [-0.4, -0.2) is 5.91 Å². The van der Waals surface area contributed by atoms with Gasteiger partial charge in [0.2, 0.25) is 11.4 Å². The molecule has 3 nitrogen and oxygen atoms in total. The zero-order valence-electron chi connectivity index (χ0n) is 11.8. The van der Waals surface area contributed by atoms with Crippen molar-refractivity contribution in [3.05, 3.63) is 54.7 Å². The summed E-state index contributed by atoms with van der Waals surface area (Å²) in [4.78, 5) is 11.3. The molecule has 0 aliphatic carbocycles. The van der Waals surface area contributed by atoms with Gasteiger partial charge in [0, 0.05) is 16.8 Å². The Morgan fingerprint density at radius 2 is 1.71 bits per heavy atom. The molecule has 0 bridgehead atoms. The van der Waals surface area contributed by atoms with Gasteiger partial charge in [-0.1, -0.05) is 30.3 Å². The van der Waals surface area contributed by atoms with Crippen molar-refractivity contribution in [2.75, 3.05) is 0 Å². The highest BCUT2D eigenvalue weighted by Crippen LogP contribution is 2.22. The van der Waals surface area contributed by atoms with Crippen molar-refractivity contribution in [1.82, 2.24) is 0 Å². The molecule has 0 aliphatic heterocycles. The Kier molecular flexibility index (Phi) is 4.43. The van der Waals surface area contributed by atoms with Crippen molar-refractivity contribution < 1.29 is 21.8 Å². The fourth-order valence-electron chi connectivity index (χ4n) is 2.58. The summed E-state index contributed by atoms with van der Waals surface area (Å²) in [5, 5.41) is 3.59. The fraction of sp³-hybridized carbons (Fsp3) is 0.176. The van der Waals surface area contributed by atoms with Crippen molar-refractivity contribution in [2.45, 2.75) is 13.5 Å². The molecule has 1 aromatic heterocycles. The first-order chi connectivity index (χ1) is 9.66. The fourth-order valence-corrected chi connectivity index (χ4v) is 2.58. The van der Waals surface area contributed by atoms with E-state index in [0.717, 1.165) is 5.52 Å². The molecular weight excluding hydrogens is 284 g/mol. The standard InChI is InChI=1S/C17H16N2O.ClH/c1-12(17(18)20)10-19-11-13-6-2-3-7-14(13)15-8-4-5-9-16(15)19;/h2-9,11-12H,10H2,1H3,(H-,18,20);1H. The molecule has 0 saturated carbocycles. The summed E-state index contributed by atoms with van der Waals surface area (Å²) < 4.78 is 2.12. The van der Waals surface area contributed by atoms with Crippen LogP contribution in [0.5, 0.6) is 0 Å². The van der Waals surface area contributed by atoms with E-state index in [9.17, 15) is 4.79 Å². The van der Waals surface area contributed by atoms with E-state index in [1.807, 2.05) is 31.2 Å². The third-order valence-corrected chi connectivity index (χ3v) is 3.72. The molecule has 1 atom stereocenters. The van der Waals surface area contributed by atoms with Gasteiger partial charge >= 0.3 is 0 Å². The Balaban J connectivity index is 0.00000161. The summed E-state index contributed by atoms with van der Waals surface area (Å²) in [5.41, 5.74) is 6.51. The van der Waals surface area contributed by atoms with Gasteiger partial charge < -0.3 is 18.1 Å². The van der Waals surface area contributed by atoms with Crippen molar-refractivity contribution in [3.63, 3.8) is 0 Å². The zero-order valence-corrected chi connectivity index (χ0v) is 12.5. The van der Waals surface area contributed by atoms with Crippen LogP contribution >= 0.6 is 0 Å². The molecule has 0 fully saturated rings. The molecule has 1 amide bonds. The zero-order chi connectivity index (χ0) is 14.1. The monoisotopic (exact) mass is 300 g/mol. The van der Waals surface area contributed by atoms with Gasteiger partial charge in [0.15, 0.2) is 12.7 Å². The second kappa shape index (κ2) is 6.10. The molecule has 4 heteroatoms. The Bertz CT molecular complexity index is 801. The molecular formula is C17H17ClN2O. The van der Waals surface area contributed by atoms with Crippen LogP contribution in [0.15, 0.2) is 54.7 Å². The lowest BCUT2D eigenvalue weighted by atomic mass is 10.1. The van der Waals surface area contributed by atoms with Gasteiger partial charge in [0.1, 0.15) is 0 Å². The number of carbonyl (C=O) groups is 1. The van der Waals surface area contributed by atoms with Crippen LogP contribution in [0.2, 0.25) is 0 Å². The highest BCUT2D eigenvalue weighted by atomic mass is 35.5. The van der Waals surface area contributed by atoms with Gasteiger partial charge in [-0.15, -0.1) is 0 Å². The highest BCUT2D eigenvalue weighted by Gasteiger charge is 2.18. The summed E-state index contributed by atoms with van der Waals surface area (Å²) in [6.07, 6.45) is 2.09. The normalized spacial score (nSPS) is 12.0. The van der Waals surface area contributed by atoms with Crippen LogP contribution in [0, 0.1) is 5.92 Å². The number of halogens is 1. The number of nitrogens with two attached hydrogens (primary N) is 1.